The van der Waals surface area contributed by atoms with Gasteiger partial charge in [0, 0.05) is 25.3 Å². The van der Waals surface area contributed by atoms with Crippen LogP contribution in [0.1, 0.15) is 23.2 Å². The van der Waals surface area contributed by atoms with Gasteiger partial charge in [0.1, 0.15) is 5.75 Å². The molecule has 1 amide bonds. The zero-order valence-corrected chi connectivity index (χ0v) is 16.1. The Hall–Kier alpha value is -2.85. The van der Waals surface area contributed by atoms with Crippen LogP contribution in [0.2, 0.25) is 0 Å². The number of amides is 1. The third-order valence-corrected chi connectivity index (χ3v) is 5.57. The lowest BCUT2D eigenvalue weighted by Gasteiger charge is -2.32. The van der Waals surface area contributed by atoms with E-state index in [9.17, 15) is 9.90 Å². The Labute approximate surface area is 165 Å². The van der Waals surface area contributed by atoms with Crippen LogP contribution in [-0.4, -0.2) is 42.7 Å². The molecular weight excluding hydrogens is 350 g/mol. The molecule has 0 saturated carbocycles. The number of nitrogens with zero attached hydrogens (tertiary/aromatic N) is 1. The molecule has 1 aliphatic rings. The Kier molecular flexibility index (Phi) is 5.31. The fourth-order valence-corrected chi connectivity index (χ4v) is 3.92. The van der Waals surface area contributed by atoms with E-state index in [1.54, 1.807) is 7.11 Å². The fourth-order valence-electron chi connectivity index (χ4n) is 3.92. The molecule has 4 heteroatoms. The SMILES string of the molecule is COc1ccc(-c2ccc3cc(C(=O)N4CCCC(CO)C4)ccc3c2)cc1. The van der Waals surface area contributed by atoms with Gasteiger partial charge in [-0.15, -0.1) is 0 Å². The number of fused-ring (bicyclic) bond motifs is 1. The van der Waals surface area contributed by atoms with Crippen LogP contribution < -0.4 is 4.74 Å². The molecule has 1 saturated heterocycles. The first kappa shape index (κ1) is 18.5. The highest BCUT2D eigenvalue weighted by molar-refractivity contribution is 5.99. The van der Waals surface area contributed by atoms with Crippen LogP contribution in [0.25, 0.3) is 21.9 Å². The third kappa shape index (κ3) is 3.73. The standard InChI is InChI=1S/C24H25NO3/c1-28-23-10-8-18(9-11-23)19-4-5-21-14-22(7-6-20(21)13-19)24(27)25-12-2-3-17(15-25)16-26/h4-11,13-14,17,26H,2-3,12,15-16H2,1H3. The number of aliphatic hydroxyl groups is 1. The highest BCUT2D eigenvalue weighted by Gasteiger charge is 2.24. The molecule has 1 aliphatic heterocycles. The van der Waals surface area contributed by atoms with Crippen molar-refractivity contribution in [3.63, 3.8) is 0 Å². The number of piperidine rings is 1. The summed E-state index contributed by atoms with van der Waals surface area (Å²) >= 11 is 0. The smallest absolute Gasteiger partial charge is 0.253 e. The summed E-state index contributed by atoms with van der Waals surface area (Å²) < 4.78 is 5.22. The molecule has 1 unspecified atom stereocenters. The maximum absolute atomic E-state index is 12.9. The van der Waals surface area contributed by atoms with E-state index in [2.05, 4.69) is 18.2 Å². The Bertz CT molecular complexity index is 981. The quantitative estimate of drug-likeness (QED) is 0.737. The van der Waals surface area contributed by atoms with Crippen molar-refractivity contribution in [2.75, 3.05) is 26.8 Å². The van der Waals surface area contributed by atoms with Crippen LogP contribution in [0.5, 0.6) is 5.75 Å². The lowest BCUT2D eigenvalue weighted by atomic mass is 9.97. The molecule has 1 fully saturated rings. The normalized spacial score (nSPS) is 16.9. The van der Waals surface area contributed by atoms with Crippen molar-refractivity contribution in [2.24, 2.45) is 5.92 Å². The molecule has 0 radical (unpaired) electrons. The minimum atomic E-state index is 0.0549. The van der Waals surface area contributed by atoms with E-state index < -0.39 is 0 Å². The highest BCUT2D eigenvalue weighted by Crippen LogP contribution is 2.27. The largest absolute Gasteiger partial charge is 0.497 e. The number of benzene rings is 3. The highest BCUT2D eigenvalue weighted by atomic mass is 16.5. The van der Waals surface area contributed by atoms with Crippen LogP contribution in [-0.2, 0) is 0 Å². The molecule has 0 aromatic heterocycles. The number of ether oxygens (including phenoxy) is 1. The molecular formula is C24H25NO3. The predicted molar refractivity (Wildman–Crippen MR) is 112 cm³/mol. The molecule has 0 aliphatic carbocycles. The van der Waals surface area contributed by atoms with Gasteiger partial charge in [-0.05, 0) is 71.0 Å². The Balaban J connectivity index is 1.58. The van der Waals surface area contributed by atoms with E-state index in [1.165, 1.54) is 0 Å². The van der Waals surface area contributed by atoms with Crippen LogP contribution in [0.4, 0.5) is 0 Å². The second-order valence-electron chi connectivity index (χ2n) is 7.45. The van der Waals surface area contributed by atoms with E-state index in [-0.39, 0.29) is 18.4 Å². The Morgan fingerprint density at radius 1 is 1.04 bits per heavy atom. The molecule has 1 atom stereocenters. The second kappa shape index (κ2) is 8.03. The number of hydrogen-bond acceptors (Lipinski definition) is 3. The Morgan fingerprint density at radius 3 is 2.50 bits per heavy atom. The summed E-state index contributed by atoms with van der Waals surface area (Å²) in [4.78, 5) is 14.8. The average molecular weight is 375 g/mol. The first-order valence-corrected chi connectivity index (χ1v) is 9.76. The van der Waals surface area contributed by atoms with E-state index >= 15 is 0 Å². The summed E-state index contributed by atoms with van der Waals surface area (Å²) in [6.07, 6.45) is 1.95. The summed E-state index contributed by atoms with van der Waals surface area (Å²) in [6.45, 7) is 1.56. The van der Waals surface area contributed by atoms with Gasteiger partial charge in [0.2, 0.25) is 0 Å². The molecule has 4 nitrogen and oxygen atoms in total. The fraction of sp³-hybridized carbons (Fsp3) is 0.292. The van der Waals surface area contributed by atoms with Gasteiger partial charge >= 0.3 is 0 Å². The molecule has 1 N–H and O–H groups in total. The number of carbonyl (C=O) groups is 1. The van der Waals surface area contributed by atoms with Crippen molar-refractivity contribution in [1.29, 1.82) is 0 Å². The topological polar surface area (TPSA) is 49.8 Å². The molecule has 28 heavy (non-hydrogen) atoms. The second-order valence-corrected chi connectivity index (χ2v) is 7.45. The summed E-state index contributed by atoms with van der Waals surface area (Å²) in [6, 6.07) is 20.2. The van der Waals surface area contributed by atoms with Gasteiger partial charge in [-0.25, -0.2) is 0 Å². The molecule has 1 heterocycles. The van der Waals surface area contributed by atoms with Crippen molar-refractivity contribution in [3.8, 4) is 16.9 Å². The number of likely N-dealkylation sites (tertiary alicyclic amines) is 1. The van der Waals surface area contributed by atoms with E-state index in [1.807, 2.05) is 47.4 Å². The minimum Gasteiger partial charge on any atom is -0.497 e. The third-order valence-electron chi connectivity index (χ3n) is 5.57. The molecule has 144 valence electrons. The summed E-state index contributed by atoms with van der Waals surface area (Å²) in [7, 11) is 1.66. The monoisotopic (exact) mass is 375 g/mol. The van der Waals surface area contributed by atoms with Gasteiger partial charge < -0.3 is 14.7 Å². The molecule has 3 aromatic rings. The van der Waals surface area contributed by atoms with Crippen molar-refractivity contribution in [2.45, 2.75) is 12.8 Å². The number of methoxy groups -OCH3 is 1. The van der Waals surface area contributed by atoms with Crippen LogP contribution >= 0.6 is 0 Å². The van der Waals surface area contributed by atoms with E-state index in [4.69, 9.17) is 4.74 Å². The van der Waals surface area contributed by atoms with E-state index in [0.717, 1.165) is 47.0 Å². The first-order valence-electron chi connectivity index (χ1n) is 9.76. The maximum Gasteiger partial charge on any atom is 0.253 e. The molecule has 3 aromatic carbocycles. The lowest BCUT2D eigenvalue weighted by Crippen LogP contribution is -2.40. The first-order chi connectivity index (χ1) is 13.7. The number of carbonyl (C=O) groups excluding carboxylic acids is 1. The van der Waals surface area contributed by atoms with E-state index in [0.29, 0.717) is 12.1 Å². The molecule has 0 spiro atoms. The minimum absolute atomic E-state index is 0.0549. The average Bonchev–Trinajstić information content (AvgIpc) is 2.78. The van der Waals surface area contributed by atoms with Crippen molar-refractivity contribution < 1.29 is 14.6 Å². The summed E-state index contributed by atoms with van der Waals surface area (Å²) in [5, 5.41) is 11.6. The van der Waals surface area contributed by atoms with Gasteiger partial charge in [0.15, 0.2) is 0 Å². The maximum atomic E-state index is 12.9. The van der Waals surface area contributed by atoms with Gasteiger partial charge in [-0.1, -0.05) is 30.3 Å². The zero-order valence-electron chi connectivity index (χ0n) is 16.1. The molecule has 4 rings (SSSR count). The van der Waals surface area contributed by atoms with Crippen molar-refractivity contribution in [3.05, 3.63) is 66.2 Å². The van der Waals surface area contributed by atoms with Gasteiger partial charge in [0.25, 0.3) is 5.91 Å². The van der Waals surface area contributed by atoms with Gasteiger partial charge in [-0.2, -0.15) is 0 Å². The van der Waals surface area contributed by atoms with Gasteiger partial charge in [0.05, 0.1) is 7.11 Å². The molecule has 0 bridgehead atoms. The Morgan fingerprint density at radius 2 is 1.75 bits per heavy atom. The number of aliphatic hydroxyl groups excluding tert-OH is 1. The number of rotatable bonds is 4. The van der Waals surface area contributed by atoms with Crippen LogP contribution in [0.3, 0.4) is 0 Å². The summed E-state index contributed by atoms with van der Waals surface area (Å²) in [5.41, 5.74) is 2.98. The van der Waals surface area contributed by atoms with Crippen LogP contribution in [0.15, 0.2) is 60.7 Å². The lowest BCUT2D eigenvalue weighted by molar-refractivity contribution is 0.0621. The van der Waals surface area contributed by atoms with Crippen LogP contribution in [0, 0.1) is 5.92 Å². The predicted octanol–water partition coefficient (Wildman–Crippen LogP) is 4.36. The zero-order chi connectivity index (χ0) is 19.5. The summed E-state index contributed by atoms with van der Waals surface area (Å²) in [5.74, 6) is 1.10. The number of hydrogen-bond donors (Lipinski definition) is 1. The van der Waals surface area contributed by atoms with Gasteiger partial charge in [-0.3, -0.25) is 4.79 Å². The van der Waals surface area contributed by atoms with Crippen molar-refractivity contribution in [1.82, 2.24) is 4.90 Å². The van der Waals surface area contributed by atoms with Crippen molar-refractivity contribution >= 4 is 16.7 Å².